The summed E-state index contributed by atoms with van der Waals surface area (Å²) < 4.78 is 0. The van der Waals surface area contributed by atoms with Crippen molar-refractivity contribution in [2.24, 2.45) is 5.92 Å². The average molecular weight is 199 g/mol. The lowest BCUT2D eigenvalue weighted by Crippen LogP contribution is -2.36. The molecule has 0 aliphatic carbocycles. The molecule has 0 amide bonds. The normalized spacial score (nSPS) is 15.0. The number of halogens is 1. The van der Waals surface area contributed by atoms with Gasteiger partial charge in [0.15, 0.2) is 0 Å². The van der Waals surface area contributed by atoms with E-state index >= 15 is 0 Å². The van der Waals surface area contributed by atoms with Gasteiger partial charge in [-0.05, 0) is 12.3 Å². The standard InChI is InChI=1S/C6H15ClO3Si/c1-2-6(3-4-7)5-11(8,9)10/h6,8-10H,2-5H2,1H3. The van der Waals surface area contributed by atoms with E-state index in [9.17, 15) is 0 Å². The van der Waals surface area contributed by atoms with Crippen LogP contribution in [0.5, 0.6) is 0 Å². The summed E-state index contributed by atoms with van der Waals surface area (Å²) in [6.45, 7) is 1.94. The minimum Gasteiger partial charge on any atom is -0.390 e. The van der Waals surface area contributed by atoms with Gasteiger partial charge >= 0.3 is 8.80 Å². The van der Waals surface area contributed by atoms with E-state index in [4.69, 9.17) is 26.0 Å². The van der Waals surface area contributed by atoms with Crippen molar-refractivity contribution in [3.8, 4) is 0 Å². The van der Waals surface area contributed by atoms with Crippen molar-refractivity contribution in [3.63, 3.8) is 0 Å². The number of rotatable bonds is 5. The Balaban J connectivity index is 3.68. The van der Waals surface area contributed by atoms with Crippen LogP contribution in [0.1, 0.15) is 19.8 Å². The second-order valence-corrected chi connectivity index (χ2v) is 5.07. The predicted molar refractivity (Wildman–Crippen MR) is 46.3 cm³/mol. The zero-order chi connectivity index (χ0) is 8.91. The SMILES string of the molecule is CCC(CCCl)C[Si](O)(O)O. The van der Waals surface area contributed by atoms with Gasteiger partial charge in [0.05, 0.1) is 0 Å². The molecule has 5 heteroatoms. The monoisotopic (exact) mass is 198 g/mol. The number of alkyl halides is 1. The molecule has 3 N–H and O–H groups in total. The largest absolute Gasteiger partial charge is 0.493 e. The summed E-state index contributed by atoms with van der Waals surface area (Å²) in [5.41, 5.74) is 0. The van der Waals surface area contributed by atoms with Gasteiger partial charge in [0.2, 0.25) is 0 Å². The summed E-state index contributed by atoms with van der Waals surface area (Å²) in [7, 11) is -3.84. The second-order valence-electron chi connectivity index (χ2n) is 2.73. The van der Waals surface area contributed by atoms with Gasteiger partial charge in [-0.3, -0.25) is 0 Å². The Labute approximate surface area is 73.0 Å². The first-order chi connectivity index (χ1) is 4.99. The number of hydrogen-bond donors (Lipinski definition) is 3. The molecule has 0 heterocycles. The molecule has 0 aliphatic heterocycles. The maximum absolute atomic E-state index is 8.75. The van der Waals surface area contributed by atoms with Crippen LogP contribution >= 0.6 is 11.6 Å². The zero-order valence-electron chi connectivity index (χ0n) is 6.63. The van der Waals surface area contributed by atoms with Crippen molar-refractivity contribution < 1.29 is 14.4 Å². The van der Waals surface area contributed by atoms with Crippen LogP contribution in [0.3, 0.4) is 0 Å². The van der Waals surface area contributed by atoms with Crippen LogP contribution in [-0.4, -0.2) is 29.1 Å². The summed E-state index contributed by atoms with van der Waals surface area (Å²) in [6.07, 6.45) is 1.55. The van der Waals surface area contributed by atoms with Gasteiger partial charge in [0.25, 0.3) is 0 Å². The van der Waals surface area contributed by atoms with E-state index in [1.165, 1.54) is 0 Å². The van der Waals surface area contributed by atoms with Gasteiger partial charge in [-0.15, -0.1) is 11.6 Å². The summed E-state index contributed by atoms with van der Waals surface area (Å²) in [5.74, 6) is 0.641. The highest BCUT2D eigenvalue weighted by atomic mass is 35.5. The molecule has 0 aromatic carbocycles. The van der Waals surface area contributed by atoms with E-state index in [1.54, 1.807) is 0 Å². The van der Waals surface area contributed by atoms with Gasteiger partial charge in [0.1, 0.15) is 0 Å². The summed E-state index contributed by atoms with van der Waals surface area (Å²) in [5, 5.41) is 0. The van der Waals surface area contributed by atoms with Crippen molar-refractivity contribution in [1.82, 2.24) is 0 Å². The zero-order valence-corrected chi connectivity index (χ0v) is 8.38. The highest BCUT2D eigenvalue weighted by Gasteiger charge is 2.30. The maximum Gasteiger partial charge on any atom is 0.493 e. The maximum atomic E-state index is 8.75. The van der Waals surface area contributed by atoms with Gasteiger partial charge in [0, 0.05) is 11.9 Å². The van der Waals surface area contributed by atoms with Crippen LogP contribution in [0.4, 0.5) is 0 Å². The van der Waals surface area contributed by atoms with Crippen LogP contribution in [0.2, 0.25) is 6.04 Å². The van der Waals surface area contributed by atoms with E-state index in [-0.39, 0.29) is 12.0 Å². The van der Waals surface area contributed by atoms with Crippen LogP contribution < -0.4 is 0 Å². The molecule has 0 aliphatic rings. The predicted octanol–water partition coefficient (Wildman–Crippen LogP) is 0.557. The smallest absolute Gasteiger partial charge is 0.390 e. The highest BCUT2D eigenvalue weighted by molar-refractivity contribution is 6.56. The van der Waals surface area contributed by atoms with E-state index in [2.05, 4.69) is 0 Å². The van der Waals surface area contributed by atoms with Crippen LogP contribution in [0.15, 0.2) is 0 Å². The van der Waals surface area contributed by atoms with Crippen molar-refractivity contribution in [3.05, 3.63) is 0 Å². The first-order valence-corrected chi connectivity index (χ1v) is 6.31. The Morgan fingerprint density at radius 1 is 1.36 bits per heavy atom. The van der Waals surface area contributed by atoms with Crippen molar-refractivity contribution in [2.45, 2.75) is 25.8 Å². The Kier molecular flexibility index (Phi) is 5.29. The molecular formula is C6H15ClO3Si. The fourth-order valence-electron chi connectivity index (χ4n) is 0.992. The molecule has 0 rings (SSSR count). The van der Waals surface area contributed by atoms with Gasteiger partial charge in [-0.2, -0.15) is 0 Å². The molecule has 0 aromatic rings. The summed E-state index contributed by atoms with van der Waals surface area (Å²) in [6, 6.07) is 0.107. The van der Waals surface area contributed by atoms with Crippen molar-refractivity contribution in [2.75, 3.05) is 5.88 Å². The molecule has 0 radical (unpaired) electrons. The second kappa shape index (κ2) is 5.11. The Morgan fingerprint density at radius 2 is 1.91 bits per heavy atom. The molecule has 11 heavy (non-hydrogen) atoms. The van der Waals surface area contributed by atoms with Crippen LogP contribution in [-0.2, 0) is 0 Å². The molecule has 3 nitrogen and oxygen atoms in total. The lowest BCUT2D eigenvalue weighted by molar-refractivity contribution is 0.216. The molecule has 1 atom stereocenters. The van der Waals surface area contributed by atoms with Crippen LogP contribution in [0.25, 0.3) is 0 Å². The first kappa shape index (κ1) is 11.4. The molecular weight excluding hydrogens is 184 g/mol. The van der Waals surface area contributed by atoms with Crippen molar-refractivity contribution in [1.29, 1.82) is 0 Å². The topological polar surface area (TPSA) is 60.7 Å². The molecule has 1 unspecified atom stereocenters. The molecule has 0 fully saturated rings. The Hall–Kier alpha value is 0.387. The lowest BCUT2D eigenvalue weighted by atomic mass is 10.1. The fourth-order valence-corrected chi connectivity index (χ4v) is 2.57. The Morgan fingerprint density at radius 3 is 2.18 bits per heavy atom. The van der Waals surface area contributed by atoms with Crippen LogP contribution in [0, 0.1) is 5.92 Å². The molecule has 0 bridgehead atoms. The van der Waals surface area contributed by atoms with Gasteiger partial charge < -0.3 is 14.4 Å². The van der Waals surface area contributed by atoms with Gasteiger partial charge in [-0.25, -0.2) is 0 Å². The third-order valence-electron chi connectivity index (χ3n) is 1.66. The van der Waals surface area contributed by atoms with E-state index < -0.39 is 8.80 Å². The lowest BCUT2D eigenvalue weighted by Gasteiger charge is -2.16. The van der Waals surface area contributed by atoms with E-state index in [0.717, 1.165) is 12.8 Å². The van der Waals surface area contributed by atoms with Gasteiger partial charge in [-0.1, -0.05) is 13.3 Å². The molecule has 0 spiro atoms. The molecule has 0 saturated carbocycles. The number of hydrogen-bond acceptors (Lipinski definition) is 3. The average Bonchev–Trinajstić information content (AvgIpc) is 1.84. The van der Waals surface area contributed by atoms with E-state index in [1.807, 2.05) is 6.92 Å². The minimum atomic E-state index is -3.84. The third-order valence-corrected chi connectivity index (χ3v) is 3.00. The minimum absolute atomic E-state index is 0.107. The fraction of sp³-hybridized carbons (Fsp3) is 1.00. The van der Waals surface area contributed by atoms with Crippen molar-refractivity contribution >= 4 is 20.4 Å². The Bertz CT molecular complexity index is 104. The summed E-state index contributed by atoms with van der Waals surface area (Å²) >= 11 is 5.47. The molecule has 68 valence electrons. The summed E-state index contributed by atoms with van der Waals surface area (Å²) in [4.78, 5) is 26.3. The molecule has 0 aromatic heterocycles. The highest BCUT2D eigenvalue weighted by Crippen LogP contribution is 2.18. The quantitative estimate of drug-likeness (QED) is 0.447. The first-order valence-electron chi connectivity index (χ1n) is 3.72. The molecule has 0 saturated heterocycles. The van der Waals surface area contributed by atoms with E-state index in [0.29, 0.717) is 5.88 Å². The third kappa shape index (κ3) is 6.77.